The largest absolute Gasteiger partial charge is 0.481 e. The molecule has 20 heavy (non-hydrogen) atoms. The lowest BCUT2D eigenvalue weighted by atomic mass is 10.0. The topological polar surface area (TPSA) is 78.4 Å². The van der Waals surface area contributed by atoms with Crippen molar-refractivity contribution in [1.29, 1.82) is 0 Å². The molecule has 110 valence electrons. The van der Waals surface area contributed by atoms with Crippen LogP contribution in [0.25, 0.3) is 0 Å². The van der Waals surface area contributed by atoms with Crippen molar-refractivity contribution >= 4 is 33.6 Å². The summed E-state index contributed by atoms with van der Waals surface area (Å²) in [6.07, 6.45) is 1.23. The molecule has 1 aromatic carbocycles. The SMILES string of the molecule is CCCC(CNC(=O)Nc1ccc(F)c(Br)c1)C(=O)O. The van der Waals surface area contributed by atoms with Crippen molar-refractivity contribution in [3.05, 3.63) is 28.5 Å². The second kappa shape index (κ2) is 7.84. The van der Waals surface area contributed by atoms with Gasteiger partial charge >= 0.3 is 12.0 Å². The second-order valence-electron chi connectivity index (χ2n) is 4.29. The molecule has 0 saturated carbocycles. The van der Waals surface area contributed by atoms with Gasteiger partial charge in [0, 0.05) is 12.2 Å². The summed E-state index contributed by atoms with van der Waals surface area (Å²) in [7, 11) is 0. The van der Waals surface area contributed by atoms with Gasteiger partial charge in [0.1, 0.15) is 5.82 Å². The van der Waals surface area contributed by atoms with Gasteiger partial charge in [0.05, 0.1) is 10.4 Å². The molecule has 3 N–H and O–H groups in total. The van der Waals surface area contributed by atoms with Gasteiger partial charge < -0.3 is 15.7 Å². The Morgan fingerprint density at radius 2 is 2.15 bits per heavy atom. The van der Waals surface area contributed by atoms with E-state index in [1.165, 1.54) is 18.2 Å². The molecule has 0 spiro atoms. The summed E-state index contributed by atoms with van der Waals surface area (Å²) >= 11 is 3.01. The van der Waals surface area contributed by atoms with Crippen molar-refractivity contribution in [3.63, 3.8) is 0 Å². The van der Waals surface area contributed by atoms with Gasteiger partial charge in [-0.3, -0.25) is 4.79 Å². The van der Waals surface area contributed by atoms with Crippen LogP contribution in [0.4, 0.5) is 14.9 Å². The monoisotopic (exact) mass is 346 g/mol. The van der Waals surface area contributed by atoms with Gasteiger partial charge in [-0.25, -0.2) is 9.18 Å². The quantitative estimate of drug-likeness (QED) is 0.739. The lowest BCUT2D eigenvalue weighted by Crippen LogP contribution is -2.35. The van der Waals surface area contributed by atoms with E-state index >= 15 is 0 Å². The molecule has 0 heterocycles. The number of carbonyl (C=O) groups excluding carboxylic acids is 1. The van der Waals surface area contributed by atoms with E-state index < -0.39 is 23.7 Å². The lowest BCUT2D eigenvalue weighted by molar-refractivity contribution is -0.141. The number of nitrogens with one attached hydrogen (secondary N) is 2. The molecule has 0 radical (unpaired) electrons. The van der Waals surface area contributed by atoms with Crippen molar-refractivity contribution in [2.24, 2.45) is 5.92 Å². The molecule has 1 rings (SSSR count). The van der Waals surface area contributed by atoms with Crippen LogP contribution in [0.2, 0.25) is 0 Å². The van der Waals surface area contributed by atoms with Crippen molar-refractivity contribution in [3.8, 4) is 0 Å². The van der Waals surface area contributed by atoms with E-state index in [-0.39, 0.29) is 11.0 Å². The summed E-state index contributed by atoms with van der Waals surface area (Å²) in [6, 6.07) is 3.54. The summed E-state index contributed by atoms with van der Waals surface area (Å²) < 4.78 is 13.3. The highest BCUT2D eigenvalue weighted by Gasteiger charge is 2.17. The van der Waals surface area contributed by atoms with E-state index in [1.54, 1.807) is 0 Å². The summed E-state index contributed by atoms with van der Waals surface area (Å²) in [4.78, 5) is 22.5. The van der Waals surface area contributed by atoms with Crippen molar-refractivity contribution in [2.75, 3.05) is 11.9 Å². The smallest absolute Gasteiger partial charge is 0.319 e. The van der Waals surface area contributed by atoms with Gasteiger partial charge in [-0.05, 0) is 40.5 Å². The minimum atomic E-state index is -0.934. The second-order valence-corrected chi connectivity index (χ2v) is 5.14. The highest BCUT2D eigenvalue weighted by atomic mass is 79.9. The molecule has 5 nitrogen and oxygen atoms in total. The Morgan fingerprint density at radius 3 is 2.70 bits per heavy atom. The molecule has 7 heteroatoms. The highest BCUT2D eigenvalue weighted by molar-refractivity contribution is 9.10. The number of halogens is 2. The average Bonchev–Trinajstić information content (AvgIpc) is 2.38. The minimum absolute atomic E-state index is 0.0529. The number of hydrogen-bond donors (Lipinski definition) is 3. The summed E-state index contributed by atoms with van der Waals surface area (Å²) in [6.45, 7) is 1.93. The third-order valence-corrected chi connectivity index (χ3v) is 3.28. The van der Waals surface area contributed by atoms with Gasteiger partial charge in [-0.2, -0.15) is 0 Å². The van der Waals surface area contributed by atoms with Crippen LogP contribution >= 0.6 is 15.9 Å². The minimum Gasteiger partial charge on any atom is -0.481 e. The molecule has 0 bridgehead atoms. The fourth-order valence-corrected chi connectivity index (χ4v) is 2.01. The van der Waals surface area contributed by atoms with Crippen molar-refractivity contribution in [1.82, 2.24) is 5.32 Å². The summed E-state index contributed by atoms with van der Waals surface area (Å²) in [5.74, 6) is -1.97. The van der Waals surface area contributed by atoms with Crippen LogP contribution in [-0.4, -0.2) is 23.7 Å². The first-order valence-electron chi connectivity index (χ1n) is 6.16. The van der Waals surface area contributed by atoms with Crippen LogP contribution < -0.4 is 10.6 Å². The fraction of sp³-hybridized carbons (Fsp3) is 0.385. The fourth-order valence-electron chi connectivity index (χ4n) is 1.63. The van der Waals surface area contributed by atoms with Crippen LogP contribution in [-0.2, 0) is 4.79 Å². The molecule has 0 aliphatic rings. The van der Waals surface area contributed by atoms with E-state index in [4.69, 9.17) is 5.11 Å². The number of hydrogen-bond acceptors (Lipinski definition) is 2. The zero-order valence-electron chi connectivity index (χ0n) is 11.0. The third-order valence-electron chi connectivity index (χ3n) is 2.67. The zero-order chi connectivity index (χ0) is 15.1. The van der Waals surface area contributed by atoms with E-state index in [1.807, 2.05) is 6.92 Å². The Balaban J connectivity index is 2.50. The van der Waals surface area contributed by atoms with Crippen molar-refractivity contribution < 1.29 is 19.1 Å². The number of anilines is 1. The Morgan fingerprint density at radius 1 is 1.45 bits per heavy atom. The van der Waals surface area contributed by atoms with E-state index in [2.05, 4.69) is 26.6 Å². The van der Waals surface area contributed by atoms with E-state index in [9.17, 15) is 14.0 Å². The van der Waals surface area contributed by atoms with Crippen molar-refractivity contribution in [2.45, 2.75) is 19.8 Å². The van der Waals surface area contributed by atoms with E-state index in [0.717, 1.165) is 6.42 Å². The Bertz CT molecular complexity index is 497. The molecular formula is C13H16BrFN2O3. The number of rotatable bonds is 6. The van der Waals surface area contributed by atoms with Gasteiger partial charge in [0.25, 0.3) is 0 Å². The first-order chi connectivity index (χ1) is 9.43. The molecule has 1 atom stereocenters. The summed E-state index contributed by atoms with van der Waals surface area (Å²) in [5.41, 5.74) is 0.415. The standard InChI is InChI=1S/C13H16BrFN2O3/c1-2-3-8(12(18)19)7-16-13(20)17-9-4-5-11(15)10(14)6-9/h4-6,8H,2-3,7H2,1H3,(H,18,19)(H2,16,17,20). The lowest BCUT2D eigenvalue weighted by Gasteiger charge is -2.13. The zero-order valence-corrected chi connectivity index (χ0v) is 12.5. The van der Waals surface area contributed by atoms with Crippen LogP contribution in [0.15, 0.2) is 22.7 Å². The molecule has 0 saturated heterocycles. The van der Waals surface area contributed by atoms with Gasteiger partial charge in [-0.1, -0.05) is 13.3 Å². The molecular weight excluding hydrogens is 331 g/mol. The first-order valence-corrected chi connectivity index (χ1v) is 6.96. The molecule has 0 aliphatic heterocycles. The molecule has 0 fully saturated rings. The van der Waals surface area contributed by atoms with E-state index in [0.29, 0.717) is 12.1 Å². The van der Waals surface area contributed by atoms with Gasteiger partial charge in [0.2, 0.25) is 0 Å². The normalized spacial score (nSPS) is 11.8. The number of benzene rings is 1. The average molecular weight is 347 g/mol. The number of urea groups is 1. The molecule has 2 amide bonds. The first kappa shape index (κ1) is 16.4. The maximum atomic E-state index is 13.0. The Labute approximate surface area is 124 Å². The number of aliphatic carboxylic acids is 1. The predicted molar refractivity (Wildman–Crippen MR) is 77.2 cm³/mol. The Kier molecular flexibility index (Phi) is 6.44. The number of amides is 2. The molecule has 0 aliphatic carbocycles. The predicted octanol–water partition coefficient (Wildman–Crippen LogP) is 3.21. The molecule has 1 aromatic rings. The Hall–Kier alpha value is -1.63. The maximum absolute atomic E-state index is 13.0. The molecule has 0 aromatic heterocycles. The van der Waals surface area contributed by atoms with Gasteiger partial charge in [-0.15, -0.1) is 0 Å². The number of carboxylic acid groups (broad SMARTS) is 1. The van der Waals surface area contributed by atoms with Crippen LogP contribution in [0.1, 0.15) is 19.8 Å². The number of carbonyl (C=O) groups is 2. The highest BCUT2D eigenvalue weighted by Crippen LogP contribution is 2.19. The third kappa shape index (κ3) is 5.16. The molecule has 1 unspecified atom stereocenters. The van der Waals surface area contributed by atoms with Crippen LogP contribution in [0.3, 0.4) is 0 Å². The summed E-state index contributed by atoms with van der Waals surface area (Å²) in [5, 5.41) is 14.0. The maximum Gasteiger partial charge on any atom is 0.319 e. The van der Waals surface area contributed by atoms with Crippen LogP contribution in [0, 0.1) is 11.7 Å². The van der Waals surface area contributed by atoms with Crippen LogP contribution in [0.5, 0.6) is 0 Å². The number of carboxylic acids is 1. The van der Waals surface area contributed by atoms with Gasteiger partial charge in [0.15, 0.2) is 0 Å².